The highest BCUT2D eigenvalue weighted by molar-refractivity contribution is 5.76. The van der Waals surface area contributed by atoms with Crippen LogP contribution in [0.4, 0.5) is 0 Å². The minimum absolute atomic E-state index is 0.00128. The normalized spacial score (nSPS) is 17.2. The average Bonchev–Trinajstić information content (AvgIpc) is 3.16. The summed E-state index contributed by atoms with van der Waals surface area (Å²) >= 11 is 0. The molecule has 1 atom stereocenters. The van der Waals surface area contributed by atoms with Gasteiger partial charge in [0, 0.05) is 25.4 Å². The summed E-state index contributed by atoms with van der Waals surface area (Å²) in [5.41, 5.74) is 2.87. The number of H-pyrrole nitrogens is 1. The Morgan fingerprint density at radius 3 is 2.61 bits per heavy atom. The average molecular weight is 451 g/mol. The second kappa shape index (κ2) is 9.08. The molecule has 8 nitrogen and oxygen atoms in total. The fourth-order valence-electron chi connectivity index (χ4n) is 4.37. The molecule has 176 valence electrons. The maximum Gasteiger partial charge on any atom is 0.281 e. The van der Waals surface area contributed by atoms with E-state index in [1.807, 2.05) is 4.90 Å². The van der Waals surface area contributed by atoms with Gasteiger partial charge in [0.2, 0.25) is 5.91 Å². The van der Waals surface area contributed by atoms with Crippen molar-refractivity contribution in [2.45, 2.75) is 71.8 Å². The Hall–Kier alpha value is -3.03. The fraction of sp³-hybridized carbons (Fsp3) is 0.560. The highest BCUT2D eigenvalue weighted by atomic mass is 16.2. The van der Waals surface area contributed by atoms with Gasteiger partial charge in [0.25, 0.3) is 5.56 Å². The highest BCUT2D eigenvalue weighted by Crippen LogP contribution is 2.26. The van der Waals surface area contributed by atoms with Crippen molar-refractivity contribution in [1.82, 2.24) is 29.9 Å². The number of nitrogens with one attached hydrogen (secondary N) is 1. The van der Waals surface area contributed by atoms with Gasteiger partial charge in [-0.2, -0.15) is 0 Å². The molecule has 0 unspecified atom stereocenters. The van der Waals surface area contributed by atoms with Crippen LogP contribution in [0.25, 0.3) is 11.2 Å². The Bertz CT molecular complexity index is 1190. The van der Waals surface area contributed by atoms with Crippen molar-refractivity contribution in [3.05, 3.63) is 51.6 Å². The number of rotatable bonds is 5. The van der Waals surface area contributed by atoms with E-state index in [9.17, 15) is 9.59 Å². The molecule has 0 bridgehead atoms. The summed E-state index contributed by atoms with van der Waals surface area (Å²) in [7, 11) is 0. The number of hydrogen-bond donors (Lipinski definition) is 1. The number of carbonyl (C=O) groups excluding carboxylic acids is 1. The van der Waals surface area contributed by atoms with E-state index in [1.165, 1.54) is 5.56 Å². The zero-order chi connectivity index (χ0) is 23.8. The Morgan fingerprint density at radius 1 is 1.21 bits per heavy atom. The minimum atomic E-state index is -0.282. The first-order valence-electron chi connectivity index (χ1n) is 11.8. The molecule has 3 heterocycles. The molecule has 1 N–H and O–H groups in total. The summed E-state index contributed by atoms with van der Waals surface area (Å²) < 4.78 is 1.69. The van der Waals surface area contributed by atoms with E-state index < -0.39 is 0 Å². The molecule has 1 saturated heterocycles. The van der Waals surface area contributed by atoms with Gasteiger partial charge in [-0.25, -0.2) is 9.67 Å². The Balaban J connectivity index is 1.58. The van der Waals surface area contributed by atoms with E-state index in [-0.39, 0.29) is 28.3 Å². The molecule has 4 rings (SSSR count). The van der Waals surface area contributed by atoms with Crippen LogP contribution in [0.1, 0.15) is 76.8 Å². The molecule has 0 radical (unpaired) electrons. The van der Waals surface area contributed by atoms with Crippen molar-refractivity contribution in [2.75, 3.05) is 13.1 Å². The van der Waals surface area contributed by atoms with Crippen LogP contribution >= 0.6 is 0 Å². The molecule has 1 aliphatic heterocycles. The molecule has 8 heteroatoms. The zero-order valence-electron chi connectivity index (χ0n) is 20.3. The second-order valence-electron chi connectivity index (χ2n) is 10.6. The third-order valence-electron chi connectivity index (χ3n) is 6.29. The molecule has 3 aromatic rings. The molecular formula is C25H34N6O2. The SMILES string of the molecule is CC(C)CC(=O)N1CCC[C@H](c2nc3c(nnn3Cc3ccc(C(C)(C)C)cc3)c(=O)[nH]2)C1. The Kier molecular flexibility index (Phi) is 6.36. The highest BCUT2D eigenvalue weighted by Gasteiger charge is 2.27. The van der Waals surface area contributed by atoms with E-state index >= 15 is 0 Å². The number of likely N-dealkylation sites (tertiary alicyclic amines) is 1. The summed E-state index contributed by atoms with van der Waals surface area (Å²) in [4.78, 5) is 34.9. The molecule has 2 aromatic heterocycles. The van der Waals surface area contributed by atoms with Crippen LogP contribution in [0.15, 0.2) is 29.1 Å². The Morgan fingerprint density at radius 2 is 1.94 bits per heavy atom. The summed E-state index contributed by atoms with van der Waals surface area (Å²) in [5.74, 6) is 1.11. The maximum atomic E-state index is 12.7. The molecule has 1 aromatic carbocycles. The van der Waals surface area contributed by atoms with E-state index in [1.54, 1.807) is 4.68 Å². The minimum Gasteiger partial charge on any atom is -0.342 e. The topological polar surface area (TPSA) is 96.8 Å². The monoisotopic (exact) mass is 450 g/mol. The largest absolute Gasteiger partial charge is 0.342 e. The van der Waals surface area contributed by atoms with Gasteiger partial charge < -0.3 is 9.88 Å². The number of aromatic nitrogens is 5. The van der Waals surface area contributed by atoms with Crippen LogP contribution in [0.3, 0.4) is 0 Å². The number of piperidine rings is 1. The molecule has 1 fully saturated rings. The molecule has 1 aliphatic rings. The quantitative estimate of drug-likeness (QED) is 0.640. The van der Waals surface area contributed by atoms with E-state index in [4.69, 9.17) is 4.98 Å². The van der Waals surface area contributed by atoms with Crippen LogP contribution in [0.5, 0.6) is 0 Å². The van der Waals surface area contributed by atoms with E-state index in [0.29, 0.717) is 36.9 Å². The number of hydrogen-bond acceptors (Lipinski definition) is 5. The van der Waals surface area contributed by atoms with Gasteiger partial charge >= 0.3 is 0 Å². The van der Waals surface area contributed by atoms with E-state index in [0.717, 1.165) is 24.9 Å². The van der Waals surface area contributed by atoms with Gasteiger partial charge in [-0.15, -0.1) is 5.10 Å². The van der Waals surface area contributed by atoms with Gasteiger partial charge in [0.1, 0.15) is 5.82 Å². The number of aromatic amines is 1. The summed E-state index contributed by atoms with van der Waals surface area (Å²) in [6.07, 6.45) is 2.32. The third-order valence-corrected chi connectivity index (χ3v) is 6.29. The molecule has 0 aliphatic carbocycles. The van der Waals surface area contributed by atoms with Crippen molar-refractivity contribution in [3.63, 3.8) is 0 Å². The number of fused-ring (bicyclic) bond motifs is 1. The first-order valence-corrected chi connectivity index (χ1v) is 11.8. The van der Waals surface area contributed by atoms with Crippen molar-refractivity contribution in [1.29, 1.82) is 0 Å². The summed E-state index contributed by atoms with van der Waals surface area (Å²) in [5, 5.41) is 8.28. The number of benzene rings is 1. The van der Waals surface area contributed by atoms with Gasteiger partial charge in [0.15, 0.2) is 11.2 Å². The van der Waals surface area contributed by atoms with Crippen LogP contribution < -0.4 is 5.56 Å². The fourth-order valence-corrected chi connectivity index (χ4v) is 4.37. The molecular weight excluding hydrogens is 416 g/mol. The number of nitrogens with zero attached hydrogens (tertiary/aromatic N) is 5. The molecule has 33 heavy (non-hydrogen) atoms. The van der Waals surface area contributed by atoms with E-state index in [2.05, 4.69) is 74.2 Å². The second-order valence-corrected chi connectivity index (χ2v) is 10.6. The van der Waals surface area contributed by atoms with Crippen LogP contribution in [0.2, 0.25) is 0 Å². The van der Waals surface area contributed by atoms with Crippen LogP contribution in [-0.4, -0.2) is 48.9 Å². The number of amides is 1. The first kappa shape index (κ1) is 23.1. The van der Waals surface area contributed by atoms with Gasteiger partial charge in [-0.3, -0.25) is 9.59 Å². The lowest BCUT2D eigenvalue weighted by molar-refractivity contribution is -0.133. The van der Waals surface area contributed by atoms with Crippen molar-refractivity contribution in [3.8, 4) is 0 Å². The molecule has 0 saturated carbocycles. The van der Waals surface area contributed by atoms with Crippen molar-refractivity contribution >= 4 is 17.1 Å². The summed E-state index contributed by atoms with van der Waals surface area (Å²) in [6.45, 7) is 12.5. The van der Waals surface area contributed by atoms with Gasteiger partial charge in [-0.1, -0.05) is 64.1 Å². The van der Waals surface area contributed by atoms with Gasteiger partial charge in [0.05, 0.1) is 6.54 Å². The zero-order valence-corrected chi connectivity index (χ0v) is 20.3. The van der Waals surface area contributed by atoms with Crippen LogP contribution in [0, 0.1) is 5.92 Å². The maximum absolute atomic E-state index is 12.7. The van der Waals surface area contributed by atoms with Crippen LogP contribution in [-0.2, 0) is 16.8 Å². The lowest BCUT2D eigenvalue weighted by atomic mass is 9.87. The summed E-state index contributed by atoms with van der Waals surface area (Å²) in [6, 6.07) is 8.43. The predicted octanol–water partition coefficient (Wildman–Crippen LogP) is 3.61. The standard InChI is InChI=1S/C25H34N6O2/c1-16(2)13-20(32)30-12-6-7-18(15-30)22-26-23-21(24(33)27-22)28-29-31(23)14-17-8-10-19(11-9-17)25(3,4)5/h8-11,16,18H,6-7,12-15H2,1-5H3,(H,26,27,33)/t18-/m0/s1. The predicted molar refractivity (Wildman–Crippen MR) is 128 cm³/mol. The third kappa shape index (κ3) is 5.15. The molecule has 1 amide bonds. The van der Waals surface area contributed by atoms with Crippen molar-refractivity contribution in [2.24, 2.45) is 5.92 Å². The first-order chi connectivity index (χ1) is 15.6. The number of carbonyl (C=O) groups is 1. The lowest BCUT2D eigenvalue weighted by Gasteiger charge is -2.32. The Labute approximate surface area is 194 Å². The van der Waals surface area contributed by atoms with Gasteiger partial charge in [-0.05, 0) is 35.3 Å². The smallest absolute Gasteiger partial charge is 0.281 e. The van der Waals surface area contributed by atoms with Crippen molar-refractivity contribution < 1.29 is 4.79 Å². The molecule has 0 spiro atoms. The lowest BCUT2D eigenvalue weighted by Crippen LogP contribution is -2.40.